The molecule has 3 heterocycles. The zero-order valence-corrected chi connectivity index (χ0v) is 21.6. The Bertz CT molecular complexity index is 500. The second-order valence-corrected chi connectivity index (χ2v) is 8.64. The summed E-state index contributed by atoms with van der Waals surface area (Å²) < 4.78 is 11.7. The monoisotopic (exact) mass is 537 g/mol. The summed E-state index contributed by atoms with van der Waals surface area (Å²) >= 11 is 0. The lowest BCUT2D eigenvalue weighted by atomic mass is 9.92. The first kappa shape index (κ1) is 26.1. The number of nitrogens with zero attached hydrogens (tertiary/aromatic N) is 3. The summed E-state index contributed by atoms with van der Waals surface area (Å²) in [5.41, 5.74) is 0. The van der Waals surface area contributed by atoms with Crippen molar-refractivity contribution >= 4 is 29.9 Å². The Balaban J connectivity index is 0.00000320. The summed E-state index contributed by atoms with van der Waals surface area (Å²) in [6, 6.07) is 1.14. The maximum atomic E-state index is 6.11. The predicted molar refractivity (Wildman–Crippen MR) is 134 cm³/mol. The molecule has 30 heavy (non-hydrogen) atoms. The van der Waals surface area contributed by atoms with E-state index in [1.165, 1.54) is 32.2 Å². The molecule has 0 aliphatic carbocycles. The van der Waals surface area contributed by atoms with Crippen LogP contribution in [0.4, 0.5) is 0 Å². The van der Waals surface area contributed by atoms with Crippen molar-refractivity contribution in [2.24, 2.45) is 10.9 Å². The number of morpholine rings is 2. The smallest absolute Gasteiger partial charge is 0.191 e. The molecule has 0 bridgehead atoms. The first-order chi connectivity index (χ1) is 14.2. The van der Waals surface area contributed by atoms with Gasteiger partial charge >= 0.3 is 0 Å². The van der Waals surface area contributed by atoms with Crippen LogP contribution in [0.1, 0.15) is 46.5 Å². The third-order valence-corrected chi connectivity index (χ3v) is 6.85. The van der Waals surface area contributed by atoms with Crippen molar-refractivity contribution in [1.29, 1.82) is 0 Å². The van der Waals surface area contributed by atoms with Crippen molar-refractivity contribution in [3.05, 3.63) is 0 Å². The number of fused-ring (bicyclic) bond motifs is 1. The highest BCUT2D eigenvalue weighted by molar-refractivity contribution is 14.0. The van der Waals surface area contributed by atoms with Crippen LogP contribution in [0.15, 0.2) is 4.99 Å². The third kappa shape index (κ3) is 7.46. The SMILES string of the molecule is CCNC(=NCC(C(CC)CC)N1CCOCC1)NCC1CN2CCCC2CO1.I. The lowest BCUT2D eigenvalue weighted by Gasteiger charge is -2.38. The molecule has 0 aromatic carbocycles. The van der Waals surface area contributed by atoms with Crippen LogP contribution >= 0.6 is 24.0 Å². The molecule has 3 aliphatic rings. The molecule has 3 aliphatic heterocycles. The molecule has 3 atom stereocenters. The first-order valence-electron chi connectivity index (χ1n) is 11.9. The van der Waals surface area contributed by atoms with Gasteiger partial charge in [0, 0.05) is 44.8 Å². The van der Waals surface area contributed by atoms with E-state index in [0.29, 0.717) is 18.0 Å². The Morgan fingerprint density at radius 1 is 1.10 bits per heavy atom. The van der Waals surface area contributed by atoms with Gasteiger partial charge in [-0.15, -0.1) is 24.0 Å². The largest absolute Gasteiger partial charge is 0.379 e. The summed E-state index contributed by atoms with van der Waals surface area (Å²) in [4.78, 5) is 10.2. The molecule has 3 unspecified atom stereocenters. The van der Waals surface area contributed by atoms with E-state index < -0.39 is 0 Å². The molecule has 2 N–H and O–H groups in total. The number of ether oxygens (including phenoxy) is 2. The van der Waals surface area contributed by atoms with Gasteiger partial charge in [-0.05, 0) is 32.2 Å². The Kier molecular flexibility index (Phi) is 12.2. The van der Waals surface area contributed by atoms with E-state index in [4.69, 9.17) is 14.5 Å². The van der Waals surface area contributed by atoms with Gasteiger partial charge in [0.15, 0.2) is 5.96 Å². The maximum absolute atomic E-state index is 6.11. The molecule has 7 nitrogen and oxygen atoms in total. The second-order valence-electron chi connectivity index (χ2n) is 8.64. The molecule has 176 valence electrons. The van der Waals surface area contributed by atoms with Crippen LogP contribution in [0.5, 0.6) is 0 Å². The summed E-state index contributed by atoms with van der Waals surface area (Å²) in [6.07, 6.45) is 5.26. The normalized spacial score (nSPS) is 26.9. The van der Waals surface area contributed by atoms with Crippen molar-refractivity contribution in [3.8, 4) is 0 Å². The Hall–Kier alpha value is -0.160. The van der Waals surface area contributed by atoms with Crippen molar-refractivity contribution in [1.82, 2.24) is 20.4 Å². The van der Waals surface area contributed by atoms with Crippen LogP contribution in [0.3, 0.4) is 0 Å². The molecule has 0 radical (unpaired) electrons. The lowest BCUT2D eigenvalue weighted by Crippen LogP contribution is -2.52. The fourth-order valence-corrected chi connectivity index (χ4v) is 5.05. The van der Waals surface area contributed by atoms with E-state index in [1.807, 2.05) is 0 Å². The van der Waals surface area contributed by atoms with Crippen LogP contribution in [-0.4, -0.2) is 99.6 Å². The van der Waals surface area contributed by atoms with E-state index in [1.54, 1.807) is 0 Å². The first-order valence-corrected chi connectivity index (χ1v) is 11.9. The van der Waals surface area contributed by atoms with Crippen LogP contribution < -0.4 is 10.6 Å². The highest BCUT2D eigenvalue weighted by atomic mass is 127. The summed E-state index contributed by atoms with van der Waals surface area (Å²) in [5.74, 6) is 1.59. The Morgan fingerprint density at radius 3 is 2.57 bits per heavy atom. The van der Waals surface area contributed by atoms with Gasteiger partial charge in [-0.2, -0.15) is 0 Å². The van der Waals surface area contributed by atoms with Crippen LogP contribution in [0.2, 0.25) is 0 Å². The van der Waals surface area contributed by atoms with Gasteiger partial charge < -0.3 is 20.1 Å². The zero-order valence-electron chi connectivity index (χ0n) is 19.3. The fraction of sp³-hybridized carbons (Fsp3) is 0.955. The minimum absolute atomic E-state index is 0. The Morgan fingerprint density at radius 2 is 1.87 bits per heavy atom. The molecule has 0 aromatic heterocycles. The van der Waals surface area contributed by atoms with Gasteiger partial charge in [0.2, 0.25) is 0 Å². The minimum atomic E-state index is 0. The molecular weight excluding hydrogens is 493 g/mol. The average molecular weight is 538 g/mol. The van der Waals surface area contributed by atoms with Crippen LogP contribution in [0.25, 0.3) is 0 Å². The van der Waals surface area contributed by atoms with Gasteiger partial charge in [-0.25, -0.2) is 0 Å². The van der Waals surface area contributed by atoms with Crippen molar-refractivity contribution < 1.29 is 9.47 Å². The lowest BCUT2D eigenvalue weighted by molar-refractivity contribution is -0.0453. The van der Waals surface area contributed by atoms with Crippen molar-refractivity contribution in [2.45, 2.75) is 64.6 Å². The molecule has 0 aromatic rings. The summed E-state index contributed by atoms with van der Waals surface area (Å²) in [6.45, 7) is 16.2. The number of aliphatic imine (C=N–C) groups is 1. The molecule has 3 rings (SSSR count). The standard InChI is InChI=1S/C22H43N5O2.HI/c1-4-18(5-2)21(26-10-12-28-13-11-26)15-25-22(23-6-3)24-14-20-16-27-9-7-8-19(27)17-29-20;/h18-21H,4-17H2,1-3H3,(H2,23,24,25);1H. The highest BCUT2D eigenvalue weighted by Crippen LogP contribution is 2.22. The maximum Gasteiger partial charge on any atom is 0.191 e. The van der Waals surface area contributed by atoms with Crippen LogP contribution in [0, 0.1) is 5.92 Å². The molecule has 8 heteroatoms. The van der Waals surface area contributed by atoms with Gasteiger partial charge in [0.05, 0.1) is 32.5 Å². The van der Waals surface area contributed by atoms with Gasteiger partial charge in [-0.3, -0.25) is 14.8 Å². The molecule has 3 saturated heterocycles. The van der Waals surface area contributed by atoms with Crippen LogP contribution in [-0.2, 0) is 9.47 Å². The van der Waals surface area contributed by atoms with E-state index in [-0.39, 0.29) is 30.1 Å². The average Bonchev–Trinajstić information content (AvgIpc) is 3.23. The van der Waals surface area contributed by atoms with E-state index in [2.05, 4.69) is 41.2 Å². The third-order valence-electron chi connectivity index (χ3n) is 6.85. The van der Waals surface area contributed by atoms with E-state index in [9.17, 15) is 0 Å². The van der Waals surface area contributed by atoms with E-state index >= 15 is 0 Å². The number of guanidine groups is 1. The van der Waals surface area contributed by atoms with Gasteiger partial charge in [0.1, 0.15) is 0 Å². The molecule has 3 fully saturated rings. The summed E-state index contributed by atoms with van der Waals surface area (Å²) in [5, 5.41) is 6.98. The number of hydrogen-bond donors (Lipinski definition) is 2. The predicted octanol–water partition coefficient (Wildman–Crippen LogP) is 2.16. The second kappa shape index (κ2) is 14.1. The molecule has 0 spiro atoms. The molecule has 0 amide bonds. The summed E-state index contributed by atoms with van der Waals surface area (Å²) in [7, 11) is 0. The van der Waals surface area contributed by atoms with Gasteiger partial charge in [-0.1, -0.05) is 26.7 Å². The fourth-order valence-electron chi connectivity index (χ4n) is 5.05. The number of hydrogen-bond acceptors (Lipinski definition) is 5. The van der Waals surface area contributed by atoms with Crippen molar-refractivity contribution in [3.63, 3.8) is 0 Å². The quantitative estimate of drug-likeness (QED) is 0.267. The molecule has 0 saturated carbocycles. The topological polar surface area (TPSA) is 61.4 Å². The van der Waals surface area contributed by atoms with Crippen molar-refractivity contribution in [2.75, 3.05) is 65.6 Å². The number of halogens is 1. The molecular formula is C22H44IN5O2. The Labute approximate surface area is 200 Å². The number of rotatable bonds is 9. The van der Waals surface area contributed by atoms with Gasteiger partial charge in [0.25, 0.3) is 0 Å². The van der Waals surface area contributed by atoms with E-state index in [0.717, 1.165) is 65.0 Å². The number of nitrogens with one attached hydrogen (secondary N) is 2. The zero-order chi connectivity index (χ0) is 20.5. The minimum Gasteiger partial charge on any atom is -0.379 e. The highest BCUT2D eigenvalue weighted by Gasteiger charge is 2.32.